The molecule has 0 N–H and O–H groups in total. The van der Waals surface area contributed by atoms with Crippen molar-refractivity contribution in [3.05, 3.63) is 0 Å². The van der Waals surface area contributed by atoms with Crippen molar-refractivity contribution in [1.29, 1.82) is 0 Å². The Balaban J connectivity index is 1.81. The molecule has 2 bridgehead atoms. The summed E-state index contributed by atoms with van der Waals surface area (Å²) in [5.41, 5.74) is 0.450. The normalized spacial score (nSPS) is 71.2. The summed E-state index contributed by atoms with van der Waals surface area (Å²) in [6, 6.07) is 0. The van der Waals surface area contributed by atoms with E-state index in [1.807, 2.05) is 0 Å². The monoisotopic (exact) mass is 164 g/mol. The molecule has 6 unspecified atom stereocenters. The first-order valence-electron chi connectivity index (χ1n) is 5.49. The van der Waals surface area contributed by atoms with Crippen LogP contribution in [0, 0.1) is 23.7 Å². The Morgan fingerprint density at radius 2 is 2.25 bits per heavy atom. The van der Waals surface area contributed by atoms with Crippen LogP contribution in [-0.4, -0.2) is 11.7 Å². The summed E-state index contributed by atoms with van der Waals surface area (Å²) in [5, 5.41) is 0. The van der Waals surface area contributed by atoms with Crippen LogP contribution in [0.1, 0.15) is 32.6 Å². The Morgan fingerprint density at radius 1 is 1.33 bits per heavy atom. The van der Waals surface area contributed by atoms with Gasteiger partial charge in [-0.15, -0.1) is 0 Å². The maximum Gasteiger partial charge on any atom is 0.0984 e. The van der Waals surface area contributed by atoms with Crippen LogP contribution in [0.5, 0.6) is 0 Å². The number of hydrogen-bond donors (Lipinski definition) is 0. The van der Waals surface area contributed by atoms with Gasteiger partial charge in [-0.05, 0) is 42.9 Å². The van der Waals surface area contributed by atoms with Gasteiger partial charge in [-0.1, -0.05) is 13.3 Å². The Morgan fingerprint density at radius 3 is 3.17 bits per heavy atom. The predicted molar refractivity (Wildman–Crippen MR) is 45.7 cm³/mol. The van der Waals surface area contributed by atoms with Crippen LogP contribution in [0.25, 0.3) is 0 Å². The van der Waals surface area contributed by atoms with E-state index in [1.165, 1.54) is 25.7 Å². The molecule has 0 aromatic carbocycles. The summed E-state index contributed by atoms with van der Waals surface area (Å²) in [6.07, 6.45) is 6.53. The largest absolute Gasteiger partial charge is 0.366 e. The highest BCUT2D eigenvalue weighted by atomic mass is 16.6. The third-order valence-corrected chi connectivity index (χ3v) is 5.15. The van der Waals surface area contributed by atoms with Gasteiger partial charge in [0.15, 0.2) is 0 Å². The van der Waals surface area contributed by atoms with E-state index in [0.29, 0.717) is 11.7 Å². The van der Waals surface area contributed by atoms with E-state index in [2.05, 4.69) is 6.92 Å². The molecule has 1 nitrogen and oxygen atoms in total. The van der Waals surface area contributed by atoms with Crippen molar-refractivity contribution >= 4 is 0 Å². The first-order valence-corrected chi connectivity index (χ1v) is 5.49. The summed E-state index contributed by atoms with van der Waals surface area (Å²) in [6.45, 7) is 2.44. The van der Waals surface area contributed by atoms with Crippen molar-refractivity contribution in [3.63, 3.8) is 0 Å². The average molecular weight is 164 g/mol. The Bertz CT molecular complexity index is 249. The maximum atomic E-state index is 5.92. The molecule has 0 aromatic heterocycles. The smallest absolute Gasteiger partial charge is 0.0984 e. The molecule has 1 spiro atoms. The molecule has 0 radical (unpaired) electrons. The standard InChI is InChI=1S/C11H16O/c1-6-2-3-8-7-4-9-11(5-7,12-9)10(6)8/h6-10H,2-5H2,1H3. The van der Waals surface area contributed by atoms with Gasteiger partial charge in [-0.2, -0.15) is 0 Å². The fourth-order valence-corrected chi connectivity index (χ4v) is 4.79. The van der Waals surface area contributed by atoms with Crippen molar-refractivity contribution in [2.75, 3.05) is 0 Å². The van der Waals surface area contributed by atoms with Gasteiger partial charge in [0.25, 0.3) is 0 Å². The molecule has 4 fully saturated rings. The van der Waals surface area contributed by atoms with Crippen molar-refractivity contribution < 1.29 is 4.74 Å². The number of hydrogen-bond acceptors (Lipinski definition) is 1. The molecule has 3 aliphatic carbocycles. The van der Waals surface area contributed by atoms with E-state index in [9.17, 15) is 0 Å². The molecule has 12 heavy (non-hydrogen) atoms. The lowest BCUT2D eigenvalue weighted by atomic mass is 9.78. The van der Waals surface area contributed by atoms with Crippen molar-refractivity contribution in [2.24, 2.45) is 23.7 Å². The molecule has 3 saturated carbocycles. The third-order valence-electron chi connectivity index (χ3n) is 5.15. The summed E-state index contributed by atoms with van der Waals surface area (Å²) < 4.78 is 5.92. The molecule has 6 atom stereocenters. The highest BCUT2D eigenvalue weighted by Crippen LogP contribution is 2.72. The molecule has 1 saturated heterocycles. The zero-order valence-electron chi connectivity index (χ0n) is 7.62. The number of ether oxygens (including phenoxy) is 1. The van der Waals surface area contributed by atoms with E-state index in [0.717, 1.165) is 23.7 Å². The van der Waals surface area contributed by atoms with Crippen molar-refractivity contribution in [2.45, 2.75) is 44.3 Å². The van der Waals surface area contributed by atoms with Crippen LogP contribution in [0.15, 0.2) is 0 Å². The van der Waals surface area contributed by atoms with E-state index in [1.54, 1.807) is 0 Å². The molecule has 1 heterocycles. The van der Waals surface area contributed by atoms with Crippen LogP contribution in [0.2, 0.25) is 0 Å². The summed E-state index contributed by atoms with van der Waals surface area (Å²) in [4.78, 5) is 0. The first kappa shape index (κ1) is 6.42. The minimum atomic E-state index is 0.450. The highest BCUT2D eigenvalue weighted by molar-refractivity contribution is 5.23. The number of epoxide rings is 1. The Hall–Kier alpha value is -0.0400. The van der Waals surface area contributed by atoms with Crippen LogP contribution in [0.4, 0.5) is 0 Å². The van der Waals surface area contributed by atoms with E-state index >= 15 is 0 Å². The number of fused-ring (bicyclic) bond motifs is 3. The maximum absolute atomic E-state index is 5.92. The fraction of sp³-hybridized carbons (Fsp3) is 1.00. The fourth-order valence-electron chi connectivity index (χ4n) is 4.79. The molecule has 4 aliphatic rings. The molecular weight excluding hydrogens is 148 g/mol. The van der Waals surface area contributed by atoms with Gasteiger partial charge in [-0.3, -0.25) is 0 Å². The Kier molecular flexibility index (Phi) is 0.863. The molecule has 0 aromatic rings. The van der Waals surface area contributed by atoms with Gasteiger partial charge < -0.3 is 4.74 Å². The summed E-state index contributed by atoms with van der Waals surface area (Å²) >= 11 is 0. The number of rotatable bonds is 0. The molecule has 4 rings (SSSR count). The van der Waals surface area contributed by atoms with Crippen LogP contribution >= 0.6 is 0 Å². The molecule has 1 heteroatoms. The van der Waals surface area contributed by atoms with Crippen LogP contribution in [0.3, 0.4) is 0 Å². The van der Waals surface area contributed by atoms with Crippen molar-refractivity contribution in [1.82, 2.24) is 0 Å². The van der Waals surface area contributed by atoms with Gasteiger partial charge in [0, 0.05) is 0 Å². The zero-order chi connectivity index (χ0) is 7.92. The van der Waals surface area contributed by atoms with Gasteiger partial charge in [-0.25, -0.2) is 0 Å². The van der Waals surface area contributed by atoms with Gasteiger partial charge in [0.05, 0.1) is 11.7 Å². The van der Waals surface area contributed by atoms with E-state index in [-0.39, 0.29) is 0 Å². The lowest BCUT2D eigenvalue weighted by molar-refractivity contribution is 0.198. The average Bonchev–Trinajstić information content (AvgIpc) is 2.47. The van der Waals surface area contributed by atoms with Gasteiger partial charge in [0.2, 0.25) is 0 Å². The van der Waals surface area contributed by atoms with Gasteiger partial charge in [0.1, 0.15) is 0 Å². The highest BCUT2D eigenvalue weighted by Gasteiger charge is 2.75. The second kappa shape index (κ2) is 1.61. The SMILES string of the molecule is CC1CCC2C3CC4OC4(C3)C12. The second-order valence-electron chi connectivity index (χ2n) is 5.51. The Labute approximate surface area is 73.5 Å². The molecule has 1 aliphatic heterocycles. The lowest BCUT2D eigenvalue weighted by Crippen LogP contribution is -2.28. The predicted octanol–water partition coefficient (Wildman–Crippen LogP) is 2.21. The topological polar surface area (TPSA) is 12.5 Å². The second-order valence-corrected chi connectivity index (χ2v) is 5.51. The molecule has 0 amide bonds. The molecule has 66 valence electrons. The van der Waals surface area contributed by atoms with Gasteiger partial charge >= 0.3 is 0 Å². The summed E-state index contributed by atoms with van der Waals surface area (Å²) in [7, 11) is 0. The first-order chi connectivity index (χ1) is 5.81. The van der Waals surface area contributed by atoms with E-state index in [4.69, 9.17) is 4.74 Å². The van der Waals surface area contributed by atoms with E-state index < -0.39 is 0 Å². The third kappa shape index (κ3) is 0.477. The van der Waals surface area contributed by atoms with Crippen LogP contribution < -0.4 is 0 Å². The minimum Gasteiger partial charge on any atom is -0.366 e. The lowest BCUT2D eigenvalue weighted by Gasteiger charge is -2.23. The van der Waals surface area contributed by atoms with Crippen LogP contribution in [-0.2, 0) is 4.74 Å². The minimum absolute atomic E-state index is 0.450. The summed E-state index contributed by atoms with van der Waals surface area (Å²) in [5.74, 6) is 4.07. The zero-order valence-corrected chi connectivity index (χ0v) is 7.62. The van der Waals surface area contributed by atoms with Crippen molar-refractivity contribution in [3.8, 4) is 0 Å². The molecular formula is C11H16O. The quantitative estimate of drug-likeness (QED) is 0.500.